The molecule has 0 spiro atoms. The minimum Gasteiger partial charge on any atom is -0.467 e. The maximum Gasteiger partial charge on any atom is 0.322 e. The lowest BCUT2D eigenvalue weighted by molar-refractivity contribution is -0.0754. The van der Waals surface area contributed by atoms with Crippen molar-refractivity contribution in [2.75, 3.05) is 30.5 Å². The summed E-state index contributed by atoms with van der Waals surface area (Å²) in [6.45, 7) is 7.50. The van der Waals surface area contributed by atoms with Gasteiger partial charge in [0.2, 0.25) is 11.9 Å². The van der Waals surface area contributed by atoms with Crippen LogP contribution in [0.15, 0.2) is 0 Å². The van der Waals surface area contributed by atoms with Crippen LogP contribution in [0, 0.1) is 0 Å². The molecule has 1 aromatic rings. The summed E-state index contributed by atoms with van der Waals surface area (Å²) in [6.07, 6.45) is 0.0980. The van der Waals surface area contributed by atoms with Crippen molar-refractivity contribution in [3.8, 4) is 6.01 Å². The van der Waals surface area contributed by atoms with Crippen LogP contribution in [0.25, 0.3) is 0 Å². The summed E-state index contributed by atoms with van der Waals surface area (Å²) in [4.78, 5) is 14.5. The minimum absolute atomic E-state index is 0.0980. The van der Waals surface area contributed by atoms with Gasteiger partial charge in [-0.25, -0.2) is 5.84 Å². The third-order valence-electron chi connectivity index (χ3n) is 2.77. The Balaban J connectivity index is 2.29. The fourth-order valence-electron chi connectivity index (χ4n) is 2.25. The van der Waals surface area contributed by atoms with Crippen LogP contribution < -0.4 is 20.9 Å². The van der Waals surface area contributed by atoms with Gasteiger partial charge >= 0.3 is 6.01 Å². The molecule has 19 heavy (non-hydrogen) atoms. The van der Waals surface area contributed by atoms with E-state index in [-0.39, 0.29) is 23.7 Å². The van der Waals surface area contributed by atoms with E-state index in [0.29, 0.717) is 19.0 Å². The first-order valence-corrected chi connectivity index (χ1v) is 6.13. The fourth-order valence-corrected chi connectivity index (χ4v) is 2.25. The van der Waals surface area contributed by atoms with Crippen molar-refractivity contribution in [2.24, 2.45) is 5.84 Å². The number of nitrogen functional groups attached to an aromatic ring is 1. The van der Waals surface area contributed by atoms with Crippen LogP contribution in [-0.2, 0) is 4.74 Å². The van der Waals surface area contributed by atoms with Crippen LogP contribution in [0.3, 0.4) is 0 Å². The van der Waals surface area contributed by atoms with Crippen molar-refractivity contribution in [1.29, 1.82) is 0 Å². The predicted octanol–water partition coefficient (Wildman–Crippen LogP) is 0.169. The first kappa shape index (κ1) is 13.8. The monoisotopic (exact) mass is 268 g/mol. The lowest BCUT2D eigenvalue weighted by Crippen LogP contribution is -2.52. The second-order valence-corrected chi connectivity index (χ2v) is 5.16. The van der Waals surface area contributed by atoms with Gasteiger partial charge in [0.05, 0.1) is 18.8 Å². The van der Waals surface area contributed by atoms with E-state index in [1.807, 2.05) is 25.7 Å². The zero-order chi connectivity index (χ0) is 14.0. The van der Waals surface area contributed by atoms with E-state index >= 15 is 0 Å². The Bertz CT molecular complexity index is 431. The second kappa shape index (κ2) is 5.14. The Morgan fingerprint density at radius 3 is 2.74 bits per heavy atom. The van der Waals surface area contributed by atoms with E-state index in [9.17, 15) is 0 Å². The Hall–Kier alpha value is -1.67. The maximum atomic E-state index is 5.85. The molecule has 8 nitrogen and oxygen atoms in total. The molecule has 0 radical (unpaired) electrons. The molecular formula is C11H20N6O2. The van der Waals surface area contributed by atoms with Crippen molar-refractivity contribution in [3.05, 3.63) is 0 Å². The molecule has 8 heteroatoms. The molecule has 0 amide bonds. The van der Waals surface area contributed by atoms with Gasteiger partial charge in [0.1, 0.15) is 0 Å². The highest BCUT2D eigenvalue weighted by Gasteiger charge is 2.33. The first-order valence-electron chi connectivity index (χ1n) is 6.13. The summed E-state index contributed by atoms with van der Waals surface area (Å²) in [6, 6.07) is 0.231. The number of rotatable bonds is 3. The molecule has 1 unspecified atom stereocenters. The van der Waals surface area contributed by atoms with Crippen LogP contribution in [0.5, 0.6) is 6.01 Å². The molecule has 1 aliphatic rings. The lowest BCUT2D eigenvalue weighted by Gasteiger charge is -2.41. The average molecular weight is 268 g/mol. The Kier molecular flexibility index (Phi) is 3.72. The number of ether oxygens (including phenoxy) is 2. The van der Waals surface area contributed by atoms with Crippen LogP contribution in [0.4, 0.5) is 11.9 Å². The number of nitrogens with two attached hydrogens (primary N) is 1. The zero-order valence-electron chi connectivity index (χ0n) is 11.7. The van der Waals surface area contributed by atoms with Gasteiger partial charge in [-0.3, -0.25) is 5.43 Å². The molecule has 0 aromatic carbocycles. The van der Waals surface area contributed by atoms with Gasteiger partial charge in [0, 0.05) is 13.1 Å². The molecule has 0 aliphatic carbocycles. The van der Waals surface area contributed by atoms with Crippen LogP contribution in [0.1, 0.15) is 20.8 Å². The van der Waals surface area contributed by atoms with E-state index in [2.05, 4.69) is 20.4 Å². The van der Waals surface area contributed by atoms with Crippen molar-refractivity contribution in [1.82, 2.24) is 15.0 Å². The highest BCUT2D eigenvalue weighted by Crippen LogP contribution is 2.24. The summed E-state index contributed by atoms with van der Waals surface area (Å²) in [5.74, 6) is 6.16. The summed E-state index contributed by atoms with van der Waals surface area (Å²) in [7, 11) is 1.51. The third-order valence-corrected chi connectivity index (χ3v) is 2.77. The number of aromatic nitrogens is 3. The Labute approximate surface area is 112 Å². The second-order valence-electron chi connectivity index (χ2n) is 5.16. The van der Waals surface area contributed by atoms with Gasteiger partial charge in [0.15, 0.2) is 0 Å². The van der Waals surface area contributed by atoms with E-state index in [1.54, 1.807) is 0 Å². The third kappa shape index (κ3) is 3.21. The molecule has 0 saturated carbocycles. The lowest BCUT2D eigenvalue weighted by atomic mass is 10.1. The number of morpholine rings is 1. The van der Waals surface area contributed by atoms with Crippen LogP contribution >= 0.6 is 0 Å². The number of hydrogen-bond donors (Lipinski definition) is 2. The average Bonchev–Trinajstić information content (AvgIpc) is 2.35. The molecule has 106 valence electrons. The molecule has 2 rings (SSSR count). The highest BCUT2D eigenvalue weighted by atomic mass is 16.5. The fraction of sp³-hybridized carbons (Fsp3) is 0.727. The zero-order valence-corrected chi connectivity index (χ0v) is 11.7. The molecule has 1 aliphatic heterocycles. The normalized spacial score (nSPS) is 22.2. The van der Waals surface area contributed by atoms with Crippen molar-refractivity contribution >= 4 is 11.9 Å². The van der Waals surface area contributed by atoms with E-state index in [1.165, 1.54) is 7.11 Å². The number of methoxy groups -OCH3 is 1. The quantitative estimate of drug-likeness (QED) is 0.591. The summed E-state index contributed by atoms with van der Waals surface area (Å²) < 4.78 is 10.9. The molecular weight excluding hydrogens is 248 g/mol. The topological polar surface area (TPSA) is 98.4 Å². The summed E-state index contributed by atoms with van der Waals surface area (Å²) in [5.41, 5.74) is 2.16. The Morgan fingerprint density at radius 1 is 1.42 bits per heavy atom. The maximum absolute atomic E-state index is 5.85. The van der Waals surface area contributed by atoms with E-state index in [0.717, 1.165) is 0 Å². The molecule has 3 N–H and O–H groups in total. The molecule has 1 fully saturated rings. The van der Waals surface area contributed by atoms with Gasteiger partial charge in [0.25, 0.3) is 0 Å². The van der Waals surface area contributed by atoms with Crippen LogP contribution in [-0.4, -0.2) is 46.9 Å². The molecule has 1 saturated heterocycles. The first-order chi connectivity index (χ1) is 8.93. The smallest absolute Gasteiger partial charge is 0.322 e. The van der Waals surface area contributed by atoms with Crippen molar-refractivity contribution < 1.29 is 9.47 Å². The van der Waals surface area contributed by atoms with Crippen molar-refractivity contribution in [3.63, 3.8) is 0 Å². The minimum atomic E-state index is -0.256. The van der Waals surface area contributed by atoms with Gasteiger partial charge in [-0.1, -0.05) is 0 Å². The molecule has 2 heterocycles. The van der Waals surface area contributed by atoms with E-state index < -0.39 is 0 Å². The predicted molar refractivity (Wildman–Crippen MR) is 71.0 cm³/mol. The van der Waals surface area contributed by atoms with E-state index in [4.69, 9.17) is 15.3 Å². The molecule has 0 bridgehead atoms. The number of nitrogens with one attached hydrogen (secondary N) is 1. The number of hydrogen-bond acceptors (Lipinski definition) is 8. The number of hydrazine groups is 1. The van der Waals surface area contributed by atoms with Crippen LogP contribution in [0.2, 0.25) is 0 Å². The Morgan fingerprint density at radius 2 is 2.16 bits per heavy atom. The van der Waals surface area contributed by atoms with Gasteiger partial charge in [-0.15, -0.1) is 0 Å². The van der Waals surface area contributed by atoms with Gasteiger partial charge in [-0.05, 0) is 20.8 Å². The highest BCUT2D eigenvalue weighted by molar-refractivity contribution is 5.38. The largest absolute Gasteiger partial charge is 0.467 e. The summed E-state index contributed by atoms with van der Waals surface area (Å²) in [5, 5.41) is 0. The standard InChI is InChI=1S/C11H20N6O2/c1-7-5-17(6-11(2,3)19-7)9-13-8(16-12)14-10(15-9)18-4/h7H,5-6,12H2,1-4H3,(H,13,14,15,16). The van der Waals surface area contributed by atoms with Gasteiger partial charge in [-0.2, -0.15) is 15.0 Å². The van der Waals surface area contributed by atoms with Crippen molar-refractivity contribution in [2.45, 2.75) is 32.5 Å². The number of nitrogens with zero attached hydrogens (tertiary/aromatic N) is 4. The SMILES string of the molecule is COc1nc(NN)nc(N2CC(C)OC(C)(C)C2)n1. The summed E-state index contributed by atoms with van der Waals surface area (Å²) >= 11 is 0. The van der Waals surface area contributed by atoms with Gasteiger partial charge < -0.3 is 14.4 Å². The number of anilines is 2. The molecule has 1 aromatic heterocycles. The molecule has 1 atom stereocenters.